The van der Waals surface area contributed by atoms with Gasteiger partial charge in [0.2, 0.25) is 0 Å². The van der Waals surface area contributed by atoms with E-state index in [4.69, 9.17) is 5.73 Å². The van der Waals surface area contributed by atoms with Crippen molar-refractivity contribution in [3.8, 4) is 0 Å². The zero-order valence-corrected chi connectivity index (χ0v) is 14.3. The largest absolute Gasteiger partial charge is 0.326 e. The topological polar surface area (TPSA) is 32.5 Å². The Kier molecular flexibility index (Phi) is 5.24. The van der Waals surface area contributed by atoms with E-state index in [0.717, 1.165) is 19.5 Å². The first kappa shape index (κ1) is 16.0. The minimum absolute atomic E-state index is 0.218. The van der Waals surface area contributed by atoms with Crippen molar-refractivity contribution < 1.29 is 0 Å². The first-order valence-electron chi connectivity index (χ1n) is 7.71. The highest BCUT2D eigenvalue weighted by Crippen LogP contribution is 2.34. The summed E-state index contributed by atoms with van der Waals surface area (Å²) in [4.78, 5) is 6.55. The average molecular weight is 295 g/mol. The van der Waals surface area contributed by atoms with Crippen molar-refractivity contribution >= 4 is 11.3 Å². The van der Waals surface area contributed by atoms with Crippen molar-refractivity contribution in [3.05, 3.63) is 21.9 Å². The van der Waals surface area contributed by atoms with Crippen LogP contribution >= 0.6 is 11.3 Å². The number of piperazine rings is 1. The van der Waals surface area contributed by atoms with Crippen molar-refractivity contribution in [1.82, 2.24) is 9.80 Å². The third-order valence-electron chi connectivity index (χ3n) is 4.83. The van der Waals surface area contributed by atoms with Crippen LogP contribution in [-0.2, 0) is 0 Å². The number of hydrogen-bond acceptors (Lipinski definition) is 4. The van der Waals surface area contributed by atoms with E-state index in [2.05, 4.69) is 56.0 Å². The monoisotopic (exact) mass is 295 g/mol. The summed E-state index contributed by atoms with van der Waals surface area (Å²) < 4.78 is 0. The van der Waals surface area contributed by atoms with E-state index in [0.29, 0.717) is 18.1 Å². The molecule has 0 amide bonds. The predicted octanol–water partition coefficient (Wildman–Crippen LogP) is 2.86. The SMILES string of the molecule is CCC(N)C(c1sccc1C)N1CC(C)N(C)C(C)C1. The summed E-state index contributed by atoms with van der Waals surface area (Å²) >= 11 is 1.86. The number of nitrogens with two attached hydrogens (primary N) is 1. The van der Waals surface area contributed by atoms with Gasteiger partial charge in [0.25, 0.3) is 0 Å². The number of rotatable bonds is 4. The van der Waals surface area contributed by atoms with E-state index in [1.54, 1.807) is 0 Å². The summed E-state index contributed by atoms with van der Waals surface area (Å²) in [7, 11) is 2.23. The van der Waals surface area contributed by atoms with Crippen LogP contribution in [0.3, 0.4) is 0 Å². The van der Waals surface area contributed by atoms with Crippen LogP contribution in [0.25, 0.3) is 0 Å². The van der Waals surface area contributed by atoms with E-state index in [1.807, 2.05) is 11.3 Å². The maximum absolute atomic E-state index is 6.49. The van der Waals surface area contributed by atoms with Crippen LogP contribution in [0.1, 0.15) is 43.7 Å². The van der Waals surface area contributed by atoms with Crippen LogP contribution < -0.4 is 5.73 Å². The fourth-order valence-corrected chi connectivity index (χ4v) is 4.35. The van der Waals surface area contributed by atoms with Crippen molar-refractivity contribution in [2.24, 2.45) is 5.73 Å². The van der Waals surface area contributed by atoms with E-state index in [-0.39, 0.29) is 6.04 Å². The lowest BCUT2D eigenvalue weighted by Crippen LogP contribution is -2.57. The lowest BCUT2D eigenvalue weighted by atomic mass is 9.97. The van der Waals surface area contributed by atoms with Gasteiger partial charge < -0.3 is 5.73 Å². The van der Waals surface area contributed by atoms with E-state index >= 15 is 0 Å². The second-order valence-electron chi connectivity index (χ2n) is 6.30. The average Bonchev–Trinajstić information content (AvgIpc) is 2.82. The molecule has 0 spiro atoms. The number of aryl methyl sites for hydroxylation is 1. The van der Waals surface area contributed by atoms with Gasteiger partial charge in [0.15, 0.2) is 0 Å². The Balaban J connectivity index is 2.26. The Morgan fingerprint density at radius 1 is 1.35 bits per heavy atom. The van der Waals surface area contributed by atoms with Gasteiger partial charge in [-0.2, -0.15) is 0 Å². The third-order valence-corrected chi connectivity index (χ3v) is 5.92. The van der Waals surface area contributed by atoms with Crippen molar-refractivity contribution in [2.75, 3.05) is 20.1 Å². The highest BCUT2D eigenvalue weighted by atomic mass is 32.1. The molecule has 1 saturated heterocycles. The molecule has 2 rings (SSSR count). The van der Waals surface area contributed by atoms with Crippen LogP contribution in [0.4, 0.5) is 0 Å². The summed E-state index contributed by atoms with van der Waals surface area (Å²) in [5, 5.41) is 2.20. The summed E-state index contributed by atoms with van der Waals surface area (Å²) in [6.07, 6.45) is 1.02. The van der Waals surface area contributed by atoms with Gasteiger partial charge in [0.1, 0.15) is 0 Å². The maximum atomic E-state index is 6.49. The van der Waals surface area contributed by atoms with Gasteiger partial charge in [0.05, 0.1) is 6.04 Å². The number of nitrogens with zero attached hydrogens (tertiary/aromatic N) is 2. The molecular formula is C16H29N3S. The molecule has 1 aliphatic heterocycles. The van der Waals surface area contributed by atoms with Crippen molar-refractivity contribution in [3.63, 3.8) is 0 Å². The van der Waals surface area contributed by atoms with E-state index in [1.165, 1.54) is 10.4 Å². The molecule has 4 atom stereocenters. The molecule has 0 radical (unpaired) electrons. The Morgan fingerprint density at radius 3 is 2.40 bits per heavy atom. The highest BCUT2D eigenvalue weighted by Gasteiger charge is 2.34. The lowest BCUT2D eigenvalue weighted by molar-refractivity contribution is 0.0262. The molecule has 1 aliphatic rings. The van der Waals surface area contributed by atoms with Crippen molar-refractivity contribution in [1.29, 1.82) is 0 Å². The maximum Gasteiger partial charge on any atom is 0.0597 e. The minimum Gasteiger partial charge on any atom is -0.326 e. The molecular weight excluding hydrogens is 266 g/mol. The zero-order chi connectivity index (χ0) is 14.9. The molecule has 4 heteroatoms. The first-order valence-corrected chi connectivity index (χ1v) is 8.59. The van der Waals surface area contributed by atoms with Gasteiger partial charge in [-0.25, -0.2) is 0 Å². The van der Waals surface area contributed by atoms with Gasteiger partial charge in [-0.15, -0.1) is 11.3 Å². The standard InChI is InChI=1S/C16H29N3S/c1-6-14(17)15(16-11(2)7-8-20-16)19-9-12(3)18(5)13(4)10-19/h7-8,12-15H,6,9-10,17H2,1-5H3. The molecule has 2 N–H and O–H groups in total. The Bertz CT molecular complexity index is 419. The van der Waals surface area contributed by atoms with Gasteiger partial charge in [-0.1, -0.05) is 6.92 Å². The fourth-order valence-electron chi connectivity index (χ4n) is 3.21. The summed E-state index contributed by atoms with van der Waals surface area (Å²) in [6, 6.07) is 3.99. The second kappa shape index (κ2) is 6.56. The summed E-state index contributed by atoms with van der Waals surface area (Å²) in [5.41, 5.74) is 7.88. The molecule has 1 aromatic rings. The molecule has 2 heterocycles. The van der Waals surface area contributed by atoms with Crippen LogP contribution in [0, 0.1) is 6.92 Å². The van der Waals surface area contributed by atoms with Crippen LogP contribution in [0.5, 0.6) is 0 Å². The molecule has 1 aromatic heterocycles. The number of hydrogen-bond donors (Lipinski definition) is 1. The zero-order valence-electron chi connectivity index (χ0n) is 13.5. The summed E-state index contributed by atoms with van der Waals surface area (Å²) in [6.45, 7) is 11.3. The number of likely N-dealkylation sites (N-methyl/N-ethyl adjacent to an activating group) is 1. The number of thiophene rings is 1. The molecule has 0 bridgehead atoms. The normalized spacial score (nSPS) is 28.5. The third kappa shape index (κ3) is 3.08. The van der Waals surface area contributed by atoms with E-state index < -0.39 is 0 Å². The van der Waals surface area contributed by atoms with Crippen LogP contribution in [0.2, 0.25) is 0 Å². The second-order valence-corrected chi connectivity index (χ2v) is 7.25. The molecule has 1 fully saturated rings. The minimum atomic E-state index is 0.218. The highest BCUT2D eigenvalue weighted by molar-refractivity contribution is 7.10. The molecule has 4 unspecified atom stereocenters. The lowest BCUT2D eigenvalue weighted by Gasteiger charge is -2.46. The van der Waals surface area contributed by atoms with Crippen molar-refractivity contribution in [2.45, 2.75) is 58.3 Å². The molecule has 114 valence electrons. The molecule has 0 saturated carbocycles. The van der Waals surface area contributed by atoms with Crippen LogP contribution in [0.15, 0.2) is 11.4 Å². The quantitative estimate of drug-likeness (QED) is 0.927. The van der Waals surface area contributed by atoms with Gasteiger partial charge in [-0.3, -0.25) is 9.80 Å². The van der Waals surface area contributed by atoms with E-state index in [9.17, 15) is 0 Å². The summed E-state index contributed by atoms with van der Waals surface area (Å²) in [5.74, 6) is 0. The predicted molar refractivity (Wildman–Crippen MR) is 88.3 cm³/mol. The molecule has 20 heavy (non-hydrogen) atoms. The Morgan fingerprint density at radius 2 is 1.95 bits per heavy atom. The Hall–Kier alpha value is -0.420. The molecule has 3 nitrogen and oxygen atoms in total. The molecule has 0 aromatic carbocycles. The smallest absolute Gasteiger partial charge is 0.0597 e. The molecule has 0 aliphatic carbocycles. The fraction of sp³-hybridized carbons (Fsp3) is 0.750. The van der Waals surface area contributed by atoms with Gasteiger partial charge in [0, 0.05) is 36.1 Å². The van der Waals surface area contributed by atoms with Gasteiger partial charge in [-0.05, 0) is 51.2 Å². The van der Waals surface area contributed by atoms with Gasteiger partial charge >= 0.3 is 0 Å². The first-order chi connectivity index (χ1) is 9.45. The van der Waals surface area contributed by atoms with Crippen LogP contribution in [-0.4, -0.2) is 48.1 Å². The Labute approximate surface area is 127 Å².